The summed E-state index contributed by atoms with van der Waals surface area (Å²) < 4.78 is 4.97. The third-order valence-corrected chi connectivity index (χ3v) is 4.18. The third kappa shape index (κ3) is 3.86. The summed E-state index contributed by atoms with van der Waals surface area (Å²) in [7, 11) is 0. The second-order valence-corrected chi connectivity index (χ2v) is 6.07. The Balaban J connectivity index is 1.64. The molecule has 0 unspecified atom stereocenters. The van der Waals surface area contributed by atoms with E-state index in [1.807, 2.05) is 54.6 Å². The Morgan fingerprint density at radius 2 is 1.83 bits per heavy atom. The van der Waals surface area contributed by atoms with Crippen molar-refractivity contribution >= 4 is 28.9 Å². The molecule has 1 N–H and O–H groups in total. The molecule has 4 aromatic rings. The summed E-state index contributed by atoms with van der Waals surface area (Å²) in [6.07, 6.45) is 1.20. The molecule has 0 bridgehead atoms. The summed E-state index contributed by atoms with van der Waals surface area (Å²) >= 11 is 0. The number of carbonyl (C=O) groups excluding carboxylic acids is 1. The highest BCUT2D eigenvalue weighted by atomic mass is 16.6. The van der Waals surface area contributed by atoms with Crippen LogP contribution in [0.1, 0.15) is 16.1 Å². The predicted octanol–water partition coefficient (Wildman–Crippen LogP) is 4.17. The molecule has 2 aromatic heterocycles. The molecule has 2 heterocycles. The zero-order chi connectivity index (χ0) is 20.2. The predicted molar refractivity (Wildman–Crippen MR) is 108 cm³/mol. The van der Waals surface area contributed by atoms with Crippen LogP contribution in [-0.2, 0) is 0 Å². The van der Waals surface area contributed by atoms with Crippen molar-refractivity contribution in [1.29, 1.82) is 0 Å². The molecule has 8 nitrogen and oxygen atoms in total. The number of hydrogen-bond acceptors (Lipinski definition) is 6. The number of para-hydroxylation sites is 1. The Kier molecular flexibility index (Phi) is 4.81. The summed E-state index contributed by atoms with van der Waals surface area (Å²) in [6, 6.07) is 21.2. The van der Waals surface area contributed by atoms with E-state index in [9.17, 15) is 14.9 Å². The van der Waals surface area contributed by atoms with Crippen molar-refractivity contribution in [3.63, 3.8) is 0 Å². The van der Waals surface area contributed by atoms with E-state index in [0.717, 1.165) is 5.56 Å². The number of amides is 1. The van der Waals surface area contributed by atoms with Crippen LogP contribution in [0.2, 0.25) is 0 Å². The van der Waals surface area contributed by atoms with Gasteiger partial charge < -0.3 is 4.42 Å². The molecular formula is C21H14N4O4. The summed E-state index contributed by atoms with van der Waals surface area (Å²) in [5.74, 6) is -0.676. The number of furan rings is 1. The lowest BCUT2D eigenvalue weighted by Gasteiger charge is -2.08. The molecule has 4 rings (SSSR count). The normalized spacial score (nSPS) is 11.0. The molecule has 0 aliphatic rings. The summed E-state index contributed by atoms with van der Waals surface area (Å²) in [4.78, 5) is 27.4. The van der Waals surface area contributed by atoms with Gasteiger partial charge in [-0.05, 0) is 18.2 Å². The van der Waals surface area contributed by atoms with Gasteiger partial charge in [-0.25, -0.2) is 10.4 Å². The molecule has 2 aromatic carbocycles. The number of rotatable bonds is 5. The van der Waals surface area contributed by atoms with Crippen molar-refractivity contribution in [2.75, 3.05) is 0 Å². The van der Waals surface area contributed by atoms with Gasteiger partial charge in [0.15, 0.2) is 5.76 Å². The van der Waals surface area contributed by atoms with Crippen LogP contribution in [0.4, 0.5) is 5.88 Å². The van der Waals surface area contributed by atoms with Crippen molar-refractivity contribution in [3.05, 3.63) is 94.2 Å². The summed E-state index contributed by atoms with van der Waals surface area (Å²) in [5, 5.41) is 15.2. The average molecular weight is 386 g/mol. The van der Waals surface area contributed by atoms with Crippen LogP contribution in [0.3, 0.4) is 0 Å². The SMILES string of the molecule is O=C(N/N=C\c1ccc([N+](=O)[O-])o1)c1cc(-c2ccccc2)nc2ccccc12. The molecule has 0 fully saturated rings. The standard InChI is InChI=1S/C21H14N4O4/c26-21(24-22-13-15-10-11-20(29-15)25(27)28)17-12-19(14-6-2-1-3-7-14)23-18-9-5-4-8-16(17)18/h1-13H,(H,24,26)/b22-13-. The van der Waals surface area contributed by atoms with Gasteiger partial charge in [-0.15, -0.1) is 0 Å². The highest BCUT2D eigenvalue weighted by molar-refractivity contribution is 6.07. The number of nitrogens with zero attached hydrogens (tertiary/aromatic N) is 3. The van der Waals surface area contributed by atoms with Crippen LogP contribution >= 0.6 is 0 Å². The Bertz CT molecular complexity index is 1230. The highest BCUT2D eigenvalue weighted by Crippen LogP contribution is 2.24. The quantitative estimate of drug-likeness (QED) is 0.314. The fourth-order valence-electron chi connectivity index (χ4n) is 2.84. The summed E-state index contributed by atoms with van der Waals surface area (Å²) in [5.41, 5.74) is 5.08. The number of fused-ring (bicyclic) bond motifs is 1. The first kappa shape index (κ1) is 18.1. The second kappa shape index (κ2) is 7.73. The smallest absolute Gasteiger partial charge is 0.400 e. The van der Waals surface area contributed by atoms with Crippen molar-refractivity contribution in [1.82, 2.24) is 10.4 Å². The minimum absolute atomic E-state index is 0.154. The maximum Gasteiger partial charge on any atom is 0.433 e. The van der Waals surface area contributed by atoms with Gasteiger partial charge in [-0.1, -0.05) is 48.5 Å². The molecule has 8 heteroatoms. The van der Waals surface area contributed by atoms with Crippen molar-refractivity contribution in [3.8, 4) is 11.3 Å². The second-order valence-electron chi connectivity index (χ2n) is 6.07. The van der Waals surface area contributed by atoms with E-state index in [1.165, 1.54) is 18.3 Å². The van der Waals surface area contributed by atoms with E-state index < -0.39 is 16.7 Å². The van der Waals surface area contributed by atoms with E-state index in [4.69, 9.17) is 4.42 Å². The van der Waals surface area contributed by atoms with Gasteiger partial charge in [0.25, 0.3) is 5.91 Å². The Hall–Kier alpha value is -4.33. The van der Waals surface area contributed by atoms with E-state index in [2.05, 4.69) is 15.5 Å². The number of hydrazone groups is 1. The van der Waals surface area contributed by atoms with Crippen LogP contribution in [0.15, 0.2) is 82.3 Å². The molecule has 0 spiro atoms. The van der Waals surface area contributed by atoms with Crippen molar-refractivity contribution < 1.29 is 14.1 Å². The van der Waals surface area contributed by atoms with E-state index in [-0.39, 0.29) is 5.76 Å². The van der Waals surface area contributed by atoms with Crippen LogP contribution in [0.5, 0.6) is 0 Å². The highest BCUT2D eigenvalue weighted by Gasteiger charge is 2.14. The monoisotopic (exact) mass is 386 g/mol. The number of nitrogens with one attached hydrogen (secondary N) is 1. The molecular weight excluding hydrogens is 372 g/mol. The van der Waals surface area contributed by atoms with Crippen LogP contribution in [0, 0.1) is 10.1 Å². The van der Waals surface area contributed by atoms with Gasteiger partial charge in [0.2, 0.25) is 0 Å². The first-order chi connectivity index (χ1) is 14.1. The van der Waals surface area contributed by atoms with Gasteiger partial charge >= 0.3 is 5.88 Å². The van der Waals surface area contributed by atoms with Crippen molar-refractivity contribution in [2.24, 2.45) is 5.10 Å². The Morgan fingerprint density at radius 1 is 1.07 bits per heavy atom. The van der Waals surface area contributed by atoms with E-state index in [0.29, 0.717) is 22.2 Å². The minimum Gasteiger partial charge on any atom is -0.400 e. The molecule has 0 atom stereocenters. The number of benzene rings is 2. The average Bonchev–Trinajstić information content (AvgIpc) is 3.23. The van der Waals surface area contributed by atoms with E-state index >= 15 is 0 Å². The first-order valence-electron chi connectivity index (χ1n) is 8.64. The van der Waals surface area contributed by atoms with Gasteiger partial charge in [-0.2, -0.15) is 5.10 Å². The molecule has 29 heavy (non-hydrogen) atoms. The topological polar surface area (TPSA) is 111 Å². The maximum atomic E-state index is 12.8. The molecule has 0 saturated carbocycles. The lowest BCUT2D eigenvalue weighted by atomic mass is 10.0. The fourth-order valence-corrected chi connectivity index (χ4v) is 2.84. The van der Waals surface area contributed by atoms with Gasteiger partial charge in [0.1, 0.15) is 4.92 Å². The largest absolute Gasteiger partial charge is 0.433 e. The number of aromatic nitrogens is 1. The molecule has 0 aliphatic heterocycles. The minimum atomic E-state index is -0.649. The lowest BCUT2D eigenvalue weighted by Crippen LogP contribution is -2.18. The Labute approximate surface area is 164 Å². The fraction of sp³-hybridized carbons (Fsp3) is 0. The first-order valence-corrected chi connectivity index (χ1v) is 8.64. The van der Waals surface area contributed by atoms with Crippen LogP contribution in [-0.4, -0.2) is 22.0 Å². The van der Waals surface area contributed by atoms with Crippen LogP contribution in [0.25, 0.3) is 22.2 Å². The molecule has 142 valence electrons. The third-order valence-electron chi connectivity index (χ3n) is 4.18. The van der Waals surface area contributed by atoms with Crippen molar-refractivity contribution in [2.45, 2.75) is 0 Å². The number of pyridine rings is 1. The number of hydrogen-bond donors (Lipinski definition) is 1. The molecule has 0 saturated heterocycles. The van der Waals surface area contributed by atoms with E-state index in [1.54, 1.807) is 6.07 Å². The number of carbonyl (C=O) groups is 1. The molecule has 0 aliphatic carbocycles. The zero-order valence-corrected chi connectivity index (χ0v) is 15.0. The molecule has 1 amide bonds. The summed E-state index contributed by atoms with van der Waals surface area (Å²) in [6.45, 7) is 0. The Morgan fingerprint density at radius 3 is 2.59 bits per heavy atom. The van der Waals surface area contributed by atoms with Gasteiger partial charge in [-0.3, -0.25) is 14.9 Å². The van der Waals surface area contributed by atoms with Gasteiger partial charge in [0, 0.05) is 10.9 Å². The van der Waals surface area contributed by atoms with Gasteiger partial charge in [0.05, 0.1) is 29.1 Å². The zero-order valence-electron chi connectivity index (χ0n) is 15.0. The molecule has 0 radical (unpaired) electrons. The maximum absolute atomic E-state index is 12.8. The number of nitro groups is 1. The van der Waals surface area contributed by atoms with Crippen LogP contribution < -0.4 is 5.43 Å². The lowest BCUT2D eigenvalue weighted by molar-refractivity contribution is -0.402.